The summed E-state index contributed by atoms with van der Waals surface area (Å²) in [6.45, 7) is 3.03. The van der Waals surface area contributed by atoms with Gasteiger partial charge in [0.1, 0.15) is 5.03 Å². The summed E-state index contributed by atoms with van der Waals surface area (Å²) in [6.07, 6.45) is 2.65. The number of carbonyl (C=O) groups excluding carboxylic acids is 2. The zero-order valence-electron chi connectivity index (χ0n) is 16.8. The summed E-state index contributed by atoms with van der Waals surface area (Å²) in [5.74, 6) is -0.0841. The molecular formula is C24H23N3O2S. The Bertz CT molecular complexity index is 1080. The van der Waals surface area contributed by atoms with Gasteiger partial charge in [0, 0.05) is 30.6 Å². The van der Waals surface area contributed by atoms with E-state index < -0.39 is 0 Å². The first kappa shape index (κ1) is 20.2. The quantitative estimate of drug-likeness (QED) is 0.637. The number of aromatic nitrogens is 1. The molecule has 0 atom stereocenters. The summed E-state index contributed by atoms with van der Waals surface area (Å²) in [5, 5.41) is 3.68. The van der Waals surface area contributed by atoms with Crippen molar-refractivity contribution >= 4 is 29.3 Å². The van der Waals surface area contributed by atoms with Crippen LogP contribution in [0.4, 0.5) is 5.69 Å². The number of anilines is 1. The summed E-state index contributed by atoms with van der Waals surface area (Å²) in [6, 6.07) is 19.5. The zero-order chi connectivity index (χ0) is 20.9. The van der Waals surface area contributed by atoms with E-state index in [4.69, 9.17) is 0 Å². The lowest BCUT2D eigenvalue weighted by atomic mass is 10.1. The second kappa shape index (κ2) is 9.13. The van der Waals surface area contributed by atoms with E-state index in [1.54, 1.807) is 17.2 Å². The van der Waals surface area contributed by atoms with Crippen LogP contribution in [0.3, 0.4) is 0 Å². The highest BCUT2D eigenvalue weighted by molar-refractivity contribution is 7.99. The second-order valence-corrected chi connectivity index (χ2v) is 8.28. The number of benzene rings is 2. The van der Waals surface area contributed by atoms with Crippen LogP contribution in [0.1, 0.15) is 34.3 Å². The summed E-state index contributed by atoms with van der Waals surface area (Å²) < 4.78 is 0. The standard InChI is InChI=1S/C24H23N3O2S/c1-17-7-4-8-18(15-17)16-26-22(28)12-6-14-27-20-10-2-3-11-21(20)30-23-19(24(27)29)9-5-13-25-23/h2-5,7-11,13,15H,6,12,14,16H2,1H3,(H,26,28). The van der Waals surface area contributed by atoms with Gasteiger partial charge in [0.2, 0.25) is 5.91 Å². The summed E-state index contributed by atoms with van der Waals surface area (Å²) in [5.41, 5.74) is 3.72. The number of pyridine rings is 1. The van der Waals surface area contributed by atoms with Crippen molar-refractivity contribution in [2.24, 2.45) is 0 Å². The van der Waals surface area contributed by atoms with Crippen LogP contribution in [0.2, 0.25) is 0 Å². The fraction of sp³-hybridized carbons (Fsp3) is 0.208. The molecular weight excluding hydrogens is 394 g/mol. The Labute approximate surface area is 180 Å². The molecule has 0 spiro atoms. The van der Waals surface area contributed by atoms with Gasteiger partial charge in [-0.25, -0.2) is 4.98 Å². The van der Waals surface area contributed by atoms with Crippen molar-refractivity contribution in [3.05, 3.63) is 83.6 Å². The van der Waals surface area contributed by atoms with Gasteiger partial charge in [-0.3, -0.25) is 9.59 Å². The monoisotopic (exact) mass is 417 g/mol. The average molecular weight is 418 g/mol. The molecule has 152 valence electrons. The van der Waals surface area contributed by atoms with E-state index in [1.165, 1.54) is 17.3 Å². The van der Waals surface area contributed by atoms with Crippen LogP contribution in [-0.2, 0) is 11.3 Å². The van der Waals surface area contributed by atoms with Crippen LogP contribution >= 0.6 is 11.8 Å². The Morgan fingerprint density at radius 2 is 1.97 bits per heavy atom. The number of nitrogens with one attached hydrogen (secondary N) is 1. The first-order valence-corrected chi connectivity index (χ1v) is 10.8. The number of carbonyl (C=O) groups is 2. The van der Waals surface area contributed by atoms with Gasteiger partial charge in [-0.1, -0.05) is 53.7 Å². The fourth-order valence-corrected chi connectivity index (χ4v) is 4.51. The third-order valence-corrected chi connectivity index (χ3v) is 6.05. The van der Waals surface area contributed by atoms with Crippen LogP contribution in [0.25, 0.3) is 0 Å². The van der Waals surface area contributed by atoms with Gasteiger partial charge in [0.25, 0.3) is 5.91 Å². The number of fused-ring (bicyclic) bond motifs is 2. The van der Waals surface area contributed by atoms with Crippen molar-refractivity contribution < 1.29 is 9.59 Å². The van der Waals surface area contributed by atoms with Gasteiger partial charge >= 0.3 is 0 Å². The van der Waals surface area contributed by atoms with E-state index in [2.05, 4.69) is 16.4 Å². The van der Waals surface area contributed by atoms with Crippen LogP contribution in [0, 0.1) is 6.92 Å². The van der Waals surface area contributed by atoms with Crippen molar-refractivity contribution in [2.45, 2.75) is 36.2 Å². The average Bonchev–Trinajstić information content (AvgIpc) is 2.87. The van der Waals surface area contributed by atoms with Crippen molar-refractivity contribution in [1.29, 1.82) is 0 Å². The Kier molecular flexibility index (Phi) is 6.14. The lowest BCUT2D eigenvalue weighted by Gasteiger charge is -2.22. The molecule has 0 unspecified atom stereocenters. The molecule has 0 saturated heterocycles. The highest BCUT2D eigenvalue weighted by Crippen LogP contribution is 2.40. The molecule has 0 fully saturated rings. The summed E-state index contributed by atoms with van der Waals surface area (Å²) in [7, 11) is 0. The van der Waals surface area contributed by atoms with Crippen molar-refractivity contribution in [2.75, 3.05) is 11.4 Å². The molecule has 1 N–H and O–H groups in total. The molecule has 30 heavy (non-hydrogen) atoms. The third kappa shape index (κ3) is 4.54. The molecule has 2 heterocycles. The molecule has 0 aliphatic carbocycles. The molecule has 4 rings (SSSR count). The maximum atomic E-state index is 13.2. The molecule has 3 aromatic rings. The van der Waals surface area contributed by atoms with Gasteiger partial charge in [0.05, 0.1) is 11.3 Å². The first-order valence-electron chi connectivity index (χ1n) is 9.98. The highest BCUT2D eigenvalue weighted by Gasteiger charge is 2.27. The van der Waals surface area contributed by atoms with Crippen LogP contribution < -0.4 is 10.2 Å². The van der Waals surface area contributed by atoms with Crippen molar-refractivity contribution in [1.82, 2.24) is 10.3 Å². The fourth-order valence-electron chi connectivity index (χ4n) is 3.49. The number of amides is 2. The van der Waals surface area contributed by atoms with Crippen LogP contribution in [0.15, 0.2) is 76.8 Å². The number of hydrogen-bond donors (Lipinski definition) is 1. The smallest absolute Gasteiger partial charge is 0.261 e. The van der Waals surface area contributed by atoms with E-state index >= 15 is 0 Å². The molecule has 0 bridgehead atoms. The van der Waals surface area contributed by atoms with Gasteiger partial charge in [-0.05, 0) is 43.2 Å². The summed E-state index contributed by atoms with van der Waals surface area (Å²) in [4.78, 5) is 32.6. The predicted molar refractivity (Wildman–Crippen MR) is 119 cm³/mol. The first-order chi connectivity index (χ1) is 14.6. The minimum Gasteiger partial charge on any atom is -0.352 e. The van der Waals surface area contributed by atoms with Gasteiger partial charge in [-0.2, -0.15) is 0 Å². The Morgan fingerprint density at radius 1 is 1.10 bits per heavy atom. The molecule has 1 aliphatic heterocycles. The van der Waals surface area contributed by atoms with Crippen LogP contribution in [0.5, 0.6) is 0 Å². The molecule has 1 aliphatic rings. The Balaban J connectivity index is 1.41. The number of para-hydroxylation sites is 1. The van der Waals surface area contributed by atoms with Crippen molar-refractivity contribution in [3.8, 4) is 0 Å². The number of hydrogen-bond acceptors (Lipinski definition) is 4. The molecule has 1 aromatic heterocycles. The van der Waals surface area contributed by atoms with Crippen molar-refractivity contribution in [3.63, 3.8) is 0 Å². The third-order valence-electron chi connectivity index (χ3n) is 4.97. The normalized spacial score (nSPS) is 12.7. The lowest BCUT2D eigenvalue weighted by molar-refractivity contribution is -0.121. The molecule has 2 aromatic carbocycles. The molecule has 0 radical (unpaired) electrons. The lowest BCUT2D eigenvalue weighted by Crippen LogP contribution is -2.33. The molecule has 0 saturated carbocycles. The second-order valence-electron chi connectivity index (χ2n) is 7.25. The maximum Gasteiger partial charge on any atom is 0.261 e. The molecule has 2 amide bonds. The highest BCUT2D eigenvalue weighted by atomic mass is 32.2. The predicted octanol–water partition coefficient (Wildman–Crippen LogP) is 4.60. The number of aryl methyl sites for hydroxylation is 1. The van der Waals surface area contributed by atoms with E-state index in [-0.39, 0.29) is 11.8 Å². The van der Waals surface area contributed by atoms with E-state index in [0.29, 0.717) is 36.5 Å². The summed E-state index contributed by atoms with van der Waals surface area (Å²) >= 11 is 1.50. The Morgan fingerprint density at radius 3 is 2.83 bits per heavy atom. The van der Waals surface area contributed by atoms with Gasteiger partial charge in [0.15, 0.2) is 0 Å². The number of rotatable bonds is 6. The Hall–Kier alpha value is -3.12. The largest absolute Gasteiger partial charge is 0.352 e. The minimum atomic E-state index is -0.0734. The van der Waals surface area contributed by atoms with E-state index in [0.717, 1.165) is 16.1 Å². The number of nitrogens with zero attached hydrogens (tertiary/aromatic N) is 2. The molecule has 5 nitrogen and oxygen atoms in total. The maximum absolute atomic E-state index is 13.2. The SMILES string of the molecule is Cc1cccc(CNC(=O)CCCN2C(=O)c3cccnc3Sc3ccccc32)c1. The van der Waals surface area contributed by atoms with Gasteiger partial charge in [-0.15, -0.1) is 0 Å². The zero-order valence-corrected chi connectivity index (χ0v) is 17.6. The topological polar surface area (TPSA) is 62.3 Å². The van der Waals surface area contributed by atoms with E-state index in [9.17, 15) is 9.59 Å². The van der Waals surface area contributed by atoms with E-state index in [1.807, 2.05) is 55.5 Å². The van der Waals surface area contributed by atoms with Gasteiger partial charge < -0.3 is 10.2 Å². The minimum absolute atomic E-state index is 0.0106. The molecule has 6 heteroatoms. The van der Waals surface area contributed by atoms with Crippen LogP contribution in [-0.4, -0.2) is 23.3 Å².